The number of halogens is 1. The molecule has 0 aromatic heterocycles. The minimum Gasteiger partial charge on any atom is -0.394 e. The summed E-state index contributed by atoms with van der Waals surface area (Å²) in [6.07, 6.45) is -0.999. The van der Waals surface area contributed by atoms with Crippen molar-refractivity contribution in [3.05, 3.63) is 0 Å². The van der Waals surface area contributed by atoms with E-state index in [4.69, 9.17) is 15.3 Å². The molecule has 3 nitrogen and oxygen atoms in total. The molecule has 0 saturated carbocycles. The number of aliphatic hydroxyl groups excluding tert-OH is 3. The van der Waals surface area contributed by atoms with E-state index in [-0.39, 0.29) is 6.61 Å². The normalized spacial score (nSPS) is 18.9. The molecule has 4 heteroatoms. The van der Waals surface area contributed by atoms with Gasteiger partial charge in [-0.1, -0.05) is 0 Å². The third-order valence-corrected chi connectivity index (χ3v) is 1.33. The van der Waals surface area contributed by atoms with E-state index in [2.05, 4.69) is 0 Å². The van der Waals surface area contributed by atoms with Crippen LogP contribution in [0.15, 0.2) is 0 Å². The topological polar surface area (TPSA) is 60.7 Å². The Bertz CT molecular complexity index is 47.4. The Hall–Kier alpha value is 0.610. The molecule has 0 rings (SSSR count). The van der Waals surface area contributed by atoms with Gasteiger partial charge in [0.2, 0.25) is 0 Å². The second-order valence-corrected chi connectivity index (χ2v) is 2.40. The molecule has 2 atom stereocenters. The Morgan fingerprint density at radius 3 is 1.86 bits per heavy atom. The van der Waals surface area contributed by atoms with Crippen molar-refractivity contribution in [1.82, 2.24) is 0 Å². The maximum Gasteiger partial charge on any atom is 0.133 e. The Labute approximate surface area is 55.1 Å². The van der Waals surface area contributed by atoms with Gasteiger partial charge in [-0.3, -0.25) is 0 Å². The first-order valence-corrected chi connectivity index (χ1v) is 3.04. The first kappa shape index (κ1) is 7.61. The van der Waals surface area contributed by atoms with Crippen LogP contribution in [0.5, 0.6) is 0 Å². The molecule has 0 fully saturated rings. The molecule has 44 valence electrons. The summed E-state index contributed by atoms with van der Waals surface area (Å²) in [5.74, 6) is 0. The van der Waals surface area contributed by atoms with E-state index in [9.17, 15) is 0 Å². The van der Waals surface area contributed by atoms with Crippen LogP contribution in [-0.2, 0) is 0 Å². The highest BCUT2D eigenvalue weighted by Gasteiger charge is 2.08. The average Bonchev–Trinajstić information content (AvgIpc) is 1.65. The van der Waals surface area contributed by atoms with Crippen LogP contribution in [0, 0.1) is 0 Å². The van der Waals surface area contributed by atoms with Crippen molar-refractivity contribution in [2.24, 2.45) is 0 Å². The number of alkyl halides is 1. The zero-order valence-electron chi connectivity index (χ0n) is 3.58. The Morgan fingerprint density at radius 1 is 1.43 bits per heavy atom. The van der Waals surface area contributed by atoms with E-state index in [1.54, 1.807) is 22.6 Å². The van der Waals surface area contributed by atoms with Crippen LogP contribution in [0.25, 0.3) is 0 Å². The molecule has 0 aliphatic carbocycles. The van der Waals surface area contributed by atoms with Gasteiger partial charge in [-0.25, -0.2) is 0 Å². The lowest BCUT2D eigenvalue weighted by Gasteiger charge is -2.05. The molecule has 0 aliphatic heterocycles. The Balaban J connectivity index is 3.14. The summed E-state index contributed by atoms with van der Waals surface area (Å²) in [5, 5.41) is 24.9. The molecular weight excluding hydrogens is 211 g/mol. The van der Waals surface area contributed by atoms with E-state index >= 15 is 0 Å². The minimum absolute atomic E-state index is 0.385. The van der Waals surface area contributed by atoms with Gasteiger partial charge in [0.05, 0.1) is 6.61 Å². The smallest absolute Gasteiger partial charge is 0.133 e. The van der Waals surface area contributed by atoms with Crippen LogP contribution in [0.4, 0.5) is 0 Å². The minimum atomic E-state index is -0.999. The fourth-order valence-electron chi connectivity index (χ4n) is 0.0870. The second kappa shape index (κ2) is 3.59. The van der Waals surface area contributed by atoms with Crippen LogP contribution in [-0.4, -0.2) is 32.1 Å². The van der Waals surface area contributed by atoms with Gasteiger partial charge in [-0.2, -0.15) is 0 Å². The summed E-state index contributed by atoms with van der Waals surface area (Å²) in [6, 6.07) is 0. The van der Waals surface area contributed by atoms with Crippen LogP contribution in [0.2, 0.25) is 0 Å². The molecule has 0 saturated heterocycles. The third-order valence-electron chi connectivity index (χ3n) is 0.505. The monoisotopic (exact) mass is 218 g/mol. The van der Waals surface area contributed by atoms with E-state index in [1.807, 2.05) is 0 Å². The van der Waals surface area contributed by atoms with Gasteiger partial charge >= 0.3 is 0 Å². The van der Waals surface area contributed by atoms with Crippen molar-refractivity contribution in [3.8, 4) is 0 Å². The molecule has 0 bridgehead atoms. The van der Waals surface area contributed by atoms with Crippen LogP contribution in [0.3, 0.4) is 0 Å². The first-order chi connectivity index (χ1) is 3.18. The second-order valence-electron chi connectivity index (χ2n) is 1.12. The van der Waals surface area contributed by atoms with Gasteiger partial charge in [0.15, 0.2) is 0 Å². The summed E-state index contributed by atoms with van der Waals surface area (Å²) < 4.78 is -0.859. The summed E-state index contributed by atoms with van der Waals surface area (Å²) >= 11 is 1.61. The van der Waals surface area contributed by atoms with Crippen LogP contribution in [0.1, 0.15) is 0 Å². The van der Waals surface area contributed by atoms with Crippen molar-refractivity contribution >= 4 is 22.6 Å². The summed E-state index contributed by atoms with van der Waals surface area (Å²) in [6.45, 7) is -0.385. The molecule has 0 amide bonds. The molecule has 0 aromatic carbocycles. The Morgan fingerprint density at radius 2 is 1.86 bits per heavy atom. The van der Waals surface area contributed by atoms with Crippen molar-refractivity contribution in [1.29, 1.82) is 0 Å². The number of hydrogen-bond donors (Lipinski definition) is 3. The zero-order valence-corrected chi connectivity index (χ0v) is 5.74. The SMILES string of the molecule is OCC(O)[C@H](O)I. The fraction of sp³-hybridized carbons (Fsp3) is 1.00. The lowest BCUT2D eigenvalue weighted by molar-refractivity contribution is 0.0358. The molecule has 0 heterocycles. The third kappa shape index (κ3) is 3.22. The molecule has 0 aliphatic rings. The maximum atomic E-state index is 8.43. The average molecular weight is 218 g/mol. The van der Waals surface area contributed by atoms with Crippen molar-refractivity contribution in [3.63, 3.8) is 0 Å². The van der Waals surface area contributed by atoms with E-state index in [0.717, 1.165) is 0 Å². The predicted octanol–water partition coefficient (Wildman–Crippen LogP) is -0.907. The molecule has 3 N–H and O–H groups in total. The highest BCUT2D eigenvalue weighted by atomic mass is 127. The highest BCUT2D eigenvalue weighted by Crippen LogP contribution is 1.99. The van der Waals surface area contributed by atoms with Gasteiger partial charge < -0.3 is 15.3 Å². The Kier molecular flexibility index (Phi) is 3.91. The fourth-order valence-corrected chi connectivity index (χ4v) is 0.314. The van der Waals surface area contributed by atoms with E-state index < -0.39 is 10.2 Å². The van der Waals surface area contributed by atoms with Crippen molar-refractivity contribution in [2.45, 2.75) is 10.2 Å². The number of hydrogen-bond acceptors (Lipinski definition) is 3. The predicted molar refractivity (Wildman–Crippen MR) is 33.1 cm³/mol. The molecule has 1 unspecified atom stereocenters. The number of rotatable bonds is 2. The highest BCUT2D eigenvalue weighted by molar-refractivity contribution is 14.1. The standard InChI is InChI=1S/C3H7IO3/c4-3(7)2(6)1-5/h2-3,5-7H,1H2/t2?,3-/m0/s1. The molecule has 0 spiro atoms. The van der Waals surface area contributed by atoms with E-state index in [0.29, 0.717) is 0 Å². The lowest BCUT2D eigenvalue weighted by atomic mass is 10.4. The van der Waals surface area contributed by atoms with Crippen molar-refractivity contribution in [2.75, 3.05) is 6.61 Å². The first-order valence-electron chi connectivity index (χ1n) is 1.79. The quantitative estimate of drug-likeness (QED) is 0.415. The maximum absolute atomic E-state index is 8.43. The van der Waals surface area contributed by atoms with Crippen molar-refractivity contribution < 1.29 is 15.3 Å². The van der Waals surface area contributed by atoms with E-state index in [1.165, 1.54) is 0 Å². The van der Waals surface area contributed by atoms with Crippen LogP contribution < -0.4 is 0 Å². The summed E-state index contributed by atoms with van der Waals surface area (Å²) in [5.41, 5.74) is 0. The van der Waals surface area contributed by atoms with Gasteiger partial charge in [0, 0.05) is 0 Å². The van der Waals surface area contributed by atoms with Gasteiger partial charge in [0.25, 0.3) is 0 Å². The molecular formula is C3H7IO3. The number of aliphatic hydroxyl groups is 3. The summed E-state index contributed by atoms with van der Waals surface area (Å²) in [4.78, 5) is 0. The summed E-state index contributed by atoms with van der Waals surface area (Å²) in [7, 11) is 0. The molecule has 7 heavy (non-hydrogen) atoms. The van der Waals surface area contributed by atoms with Gasteiger partial charge in [-0.15, -0.1) is 0 Å². The zero-order chi connectivity index (χ0) is 5.86. The molecule has 0 aromatic rings. The largest absolute Gasteiger partial charge is 0.394 e. The van der Waals surface area contributed by atoms with Gasteiger partial charge in [-0.05, 0) is 22.6 Å². The van der Waals surface area contributed by atoms with Crippen LogP contribution >= 0.6 is 22.6 Å². The van der Waals surface area contributed by atoms with Gasteiger partial charge in [0.1, 0.15) is 10.2 Å². The molecule has 0 radical (unpaired) electrons. The lowest BCUT2D eigenvalue weighted by Crippen LogP contribution is -2.23.